The third-order valence-corrected chi connectivity index (χ3v) is 5.37. The summed E-state index contributed by atoms with van der Waals surface area (Å²) in [5.74, 6) is 0.822. The normalized spacial score (nSPS) is 19.7. The molecule has 2 aromatic rings. The summed E-state index contributed by atoms with van der Waals surface area (Å²) in [6.45, 7) is 2.13. The maximum Gasteiger partial charge on any atom is 0.321 e. The van der Waals surface area contributed by atoms with Crippen molar-refractivity contribution in [3.63, 3.8) is 0 Å². The summed E-state index contributed by atoms with van der Waals surface area (Å²) in [5, 5.41) is 12.7. The molecule has 1 heterocycles. The summed E-state index contributed by atoms with van der Waals surface area (Å²) in [5.41, 5.74) is 0.928. The number of aromatic nitrogens is 3. The molecule has 26 heavy (non-hydrogen) atoms. The second-order valence-electron chi connectivity index (χ2n) is 6.51. The fourth-order valence-electron chi connectivity index (χ4n) is 3.06. The van der Waals surface area contributed by atoms with Gasteiger partial charge in [0.25, 0.3) is 0 Å². The monoisotopic (exact) mass is 373 g/mol. The second kappa shape index (κ2) is 8.84. The summed E-state index contributed by atoms with van der Waals surface area (Å²) >= 11 is 1.19. The summed E-state index contributed by atoms with van der Waals surface area (Å²) in [6, 6.07) is 9.35. The van der Waals surface area contributed by atoms with Crippen LogP contribution in [0.2, 0.25) is 0 Å². The Morgan fingerprint density at radius 1 is 1.23 bits per heavy atom. The van der Waals surface area contributed by atoms with Crippen LogP contribution in [0.15, 0.2) is 35.5 Å². The fourth-order valence-corrected chi connectivity index (χ4v) is 3.66. The molecule has 1 aromatic heterocycles. The van der Waals surface area contributed by atoms with Gasteiger partial charge in [0.05, 0.1) is 5.75 Å². The lowest BCUT2D eigenvalue weighted by molar-refractivity contribution is -0.117. The van der Waals surface area contributed by atoms with E-state index < -0.39 is 6.03 Å². The minimum atomic E-state index is -0.422. The van der Waals surface area contributed by atoms with Crippen molar-refractivity contribution in [3.8, 4) is 11.4 Å². The zero-order chi connectivity index (χ0) is 18.4. The van der Waals surface area contributed by atoms with Crippen molar-refractivity contribution in [1.29, 1.82) is 0 Å². The van der Waals surface area contributed by atoms with Gasteiger partial charge in [0, 0.05) is 11.6 Å². The van der Waals surface area contributed by atoms with Crippen molar-refractivity contribution >= 4 is 23.7 Å². The molecule has 1 fully saturated rings. The molecule has 1 saturated carbocycles. The zero-order valence-corrected chi connectivity index (χ0v) is 15.5. The first-order valence-electron chi connectivity index (χ1n) is 8.83. The van der Waals surface area contributed by atoms with E-state index in [-0.39, 0.29) is 17.7 Å². The predicted octanol–water partition coefficient (Wildman–Crippen LogP) is 2.97. The van der Waals surface area contributed by atoms with Crippen molar-refractivity contribution in [2.24, 2.45) is 5.92 Å². The molecular formula is C18H23N5O2S. The van der Waals surface area contributed by atoms with Gasteiger partial charge in [-0.3, -0.25) is 15.2 Å². The van der Waals surface area contributed by atoms with E-state index in [4.69, 9.17) is 0 Å². The van der Waals surface area contributed by atoms with Gasteiger partial charge in [0.1, 0.15) is 0 Å². The van der Waals surface area contributed by atoms with Crippen molar-refractivity contribution in [2.45, 2.75) is 43.8 Å². The molecule has 3 rings (SSSR count). The molecule has 2 atom stereocenters. The standard InChI is InChI=1S/C18H23N5O2S/c1-12-7-5-6-10-14(12)19-17(25)20-15(24)11-26-18-21-16(22-23-18)13-8-3-2-4-9-13/h2-4,8-9,12,14H,5-7,10-11H2,1H3,(H,21,22,23)(H2,19,20,24,25)/t12-,14-/m1/s1. The molecule has 3 amide bonds. The van der Waals surface area contributed by atoms with Crippen LogP contribution in [0.25, 0.3) is 11.4 Å². The Bertz CT molecular complexity index is 749. The van der Waals surface area contributed by atoms with Gasteiger partial charge in [0.2, 0.25) is 11.1 Å². The van der Waals surface area contributed by atoms with E-state index in [1.165, 1.54) is 18.2 Å². The number of rotatable bonds is 5. The Labute approximate surface area is 156 Å². The van der Waals surface area contributed by atoms with Crippen LogP contribution < -0.4 is 10.6 Å². The number of nitrogens with zero attached hydrogens (tertiary/aromatic N) is 2. The van der Waals surface area contributed by atoms with Gasteiger partial charge >= 0.3 is 6.03 Å². The van der Waals surface area contributed by atoms with Crippen LogP contribution in [0, 0.1) is 5.92 Å². The molecule has 0 bridgehead atoms. The van der Waals surface area contributed by atoms with E-state index in [2.05, 4.69) is 32.7 Å². The van der Waals surface area contributed by atoms with Crippen LogP contribution in [0.3, 0.4) is 0 Å². The minimum Gasteiger partial charge on any atom is -0.335 e. The lowest BCUT2D eigenvalue weighted by atomic mass is 9.86. The van der Waals surface area contributed by atoms with Crippen LogP contribution in [0.1, 0.15) is 32.6 Å². The average molecular weight is 373 g/mol. The number of carbonyl (C=O) groups is 2. The van der Waals surface area contributed by atoms with Crippen LogP contribution in [0.4, 0.5) is 4.79 Å². The molecule has 1 aliphatic rings. The highest BCUT2D eigenvalue weighted by atomic mass is 32.2. The summed E-state index contributed by atoms with van der Waals surface area (Å²) in [4.78, 5) is 28.3. The Morgan fingerprint density at radius 2 is 2.00 bits per heavy atom. The Hall–Kier alpha value is -2.35. The van der Waals surface area contributed by atoms with Gasteiger partial charge in [-0.25, -0.2) is 9.78 Å². The first kappa shape index (κ1) is 18.4. The molecular weight excluding hydrogens is 350 g/mol. The van der Waals surface area contributed by atoms with E-state index in [9.17, 15) is 9.59 Å². The first-order valence-corrected chi connectivity index (χ1v) is 9.81. The van der Waals surface area contributed by atoms with Crippen molar-refractivity contribution in [3.05, 3.63) is 30.3 Å². The molecule has 0 spiro atoms. The number of nitrogens with one attached hydrogen (secondary N) is 3. The maximum atomic E-state index is 12.0. The molecule has 0 unspecified atom stereocenters. The quantitative estimate of drug-likeness (QED) is 0.700. The van der Waals surface area contributed by atoms with Crippen LogP contribution in [-0.4, -0.2) is 38.9 Å². The van der Waals surface area contributed by atoms with Crippen LogP contribution in [-0.2, 0) is 4.79 Å². The third kappa shape index (κ3) is 5.08. The molecule has 8 heteroatoms. The molecule has 0 aliphatic heterocycles. The minimum absolute atomic E-state index is 0.0831. The highest BCUT2D eigenvalue weighted by molar-refractivity contribution is 7.99. The topological polar surface area (TPSA) is 99.8 Å². The Morgan fingerprint density at radius 3 is 2.77 bits per heavy atom. The van der Waals surface area contributed by atoms with Gasteiger partial charge in [-0.05, 0) is 18.8 Å². The van der Waals surface area contributed by atoms with E-state index in [0.717, 1.165) is 24.8 Å². The van der Waals surface area contributed by atoms with E-state index >= 15 is 0 Å². The number of hydrogen-bond donors (Lipinski definition) is 3. The van der Waals surface area contributed by atoms with E-state index in [1.807, 2.05) is 30.3 Å². The number of H-pyrrole nitrogens is 1. The number of benzene rings is 1. The smallest absolute Gasteiger partial charge is 0.321 e. The van der Waals surface area contributed by atoms with Gasteiger partial charge in [-0.15, -0.1) is 5.10 Å². The molecule has 1 aliphatic carbocycles. The number of urea groups is 1. The third-order valence-electron chi connectivity index (χ3n) is 4.53. The second-order valence-corrected chi connectivity index (χ2v) is 7.45. The molecule has 138 valence electrons. The summed E-state index contributed by atoms with van der Waals surface area (Å²) < 4.78 is 0. The van der Waals surface area contributed by atoms with Crippen molar-refractivity contribution in [1.82, 2.24) is 25.8 Å². The first-order chi connectivity index (χ1) is 12.6. The molecule has 0 saturated heterocycles. The SMILES string of the molecule is C[C@@H]1CCCC[C@H]1NC(=O)NC(=O)CSc1n[nH]c(-c2ccccc2)n1. The molecule has 0 radical (unpaired) electrons. The van der Waals surface area contributed by atoms with E-state index in [1.54, 1.807) is 0 Å². The van der Waals surface area contributed by atoms with Gasteiger partial charge in [-0.1, -0.05) is 61.9 Å². The number of amides is 3. The highest BCUT2D eigenvalue weighted by Crippen LogP contribution is 2.23. The lowest BCUT2D eigenvalue weighted by Crippen LogP contribution is -2.48. The number of aromatic amines is 1. The number of hydrogen-bond acceptors (Lipinski definition) is 5. The Balaban J connectivity index is 1.44. The molecule has 3 N–H and O–H groups in total. The molecule has 1 aromatic carbocycles. The Kier molecular flexibility index (Phi) is 6.27. The van der Waals surface area contributed by atoms with Gasteiger partial charge in [0.15, 0.2) is 5.82 Å². The lowest BCUT2D eigenvalue weighted by Gasteiger charge is -2.29. The fraction of sp³-hybridized carbons (Fsp3) is 0.444. The largest absolute Gasteiger partial charge is 0.335 e. The summed E-state index contributed by atoms with van der Waals surface area (Å²) in [7, 11) is 0. The van der Waals surface area contributed by atoms with Crippen molar-refractivity contribution < 1.29 is 9.59 Å². The van der Waals surface area contributed by atoms with Gasteiger partial charge < -0.3 is 5.32 Å². The maximum absolute atomic E-state index is 12.0. The van der Waals surface area contributed by atoms with Crippen LogP contribution in [0.5, 0.6) is 0 Å². The highest BCUT2D eigenvalue weighted by Gasteiger charge is 2.23. The van der Waals surface area contributed by atoms with Crippen molar-refractivity contribution in [2.75, 3.05) is 5.75 Å². The van der Waals surface area contributed by atoms with Gasteiger partial charge in [-0.2, -0.15) is 0 Å². The summed E-state index contributed by atoms with van der Waals surface area (Å²) in [6.07, 6.45) is 4.41. The van der Waals surface area contributed by atoms with E-state index in [0.29, 0.717) is 16.9 Å². The average Bonchev–Trinajstić information content (AvgIpc) is 3.12. The number of thioether (sulfide) groups is 1. The number of carbonyl (C=O) groups excluding carboxylic acids is 2. The van der Waals surface area contributed by atoms with Crippen LogP contribution >= 0.6 is 11.8 Å². The molecule has 7 nitrogen and oxygen atoms in total. The predicted molar refractivity (Wildman–Crippen MR) is 101 cm³/mol. The number of imide groups is 1. The zero-order valence-electron chi connectivity index (χ0n) is 14.7.